The molecular formula is C16H17Cl2NO2. The maximum Gasteiger partial charge on any atom is 0.120 e. The van der Waals surface area contributed by atoms with Crippen molar-refractivity contribution < 1.29 is 9.84 Å². The Kier molecular flexibility index (Phi) is 5.74. The van der Waals surface area contributed by atoms with Gasteiger partial charge in [-0.3, -0.25) is 0 Å². The highest BCUT2D eigenvalue weighted by molar-refractivity contribution is 6.31. The third-order valence-corrected chi connectivity index (χ3v) is 3.68. The zero-order valence-electron chi connectivity index (χ0n) is 11.6. The van der Waals surface area contributed by atoms with Crippen LogP contribution in [0.4, 0.5) is 5.69 Å². The molecule has 0 aliphatic carbocycles. The molecule has 0 saturated carbocycles. The average molecular weight is 326 g/mol. The lowest BCUT2D eigenvalue weighted by molar-refractivity contribution is 0.117. The van der Waals surface area contributed by atoms with Gasteiger partial charge in [0.2, 0.25) is 0 Å². The van der Waals surface area contributed by atoms with Crippen LogP contribution in [-0.4, -0.2) is 24.4 Å². The number of benzene rings is 2. The van der Waals surface area contributed by atoms with Crippen molar-refractivity contribution in [1.29, 1.82) is 0 Å². The van der Waals surface area contributed by atoms with Crippen molar-refractivity contribution in [3.8, 4) is 5.75 Å². The molecule has 0 aliphatic rings. The zero-order chi connectivity index (χ0) is 15.2. The number of anilines is 1. The van der Waals surface area contributed by atoms with E-state index in [2.05, 4.69) is 5.32 Å². The summed E-state index contributed by atoms with van der Waals surface area (Å²) in [5.41, 5.74) is 1.87. The summed E-state index contributed by atoms with van der Waals surface area (Å²) in [6.45, 7) is 2.49. The van der Waals surface area contributed by atoms with E-state index in [0.29, 0.717) is 22.3 Å². The molecule has 2 rings (SSSR count). The van der Waals surface area contributed by atoms with Crippen LogP contribution in [0.5, 0.6) is 5.75 Å². The summed E-state index contributed by atoms with van der Waals surface area (Å²) >= 11 is 11.9. The fraction of sp³-hybridized carbons (Fsp3) is 0.250. The lowest BCUT2D eigenvalue weighted by Crippen LogP contribution is -2.26. The van der Waals surface area contributed by atoms with Crippen LogP contribution in [0, 0.1) is 6.92 Å². The summed E-state index contributed by atoms with van der Waals surface area (Å²) in [4.78, 5) is 0. The maximum atomic E-state index is 9.95. The first kappa shape index (κ1) is 16.0. The van der Waals surface area contributed by atoms with Gasteiger partial charge in [-0.1, -0.05) is 35.3 Å². The molecule has 3 nitrogen and oxygen atoms in total. The summed E-state index contributed by atoms with van der Waals surface area (Å²) in [5, 5.41) is 14.4. The summed E-state index contributed by atoms with van der Waals surface area (Å²) in [6, 6.07) is 12.7. The SMILES string of the molecule is Cc1c(Cl)cccc1NCC(O)COc1cccc(Cl)c1. The molecule has 1 atom stereocenters. The largest absolute Gasteiger partial charge is 0.491 e. The van der Waals surface area contributed by atoms with E-state index in [1.807, 2.05) is 25.1 Å². The van der Waals surface area contributed by atoms with Gasteiger partial charge in [0, 0.05) is 22.3 Å². The number of ether oxygens (including phenoxy) is 1. The molecule has 1 unspecified atom stereocenters. The summed E-state index contributed by atoms with van der Waals surface area (Å²) in [7, 11) is 0. The Labute approximate surface area is 134 Å². The monoisotopic (exact) mass is 325 g/mol. The minimum atomic E-state index is -0.637. The highest BCUT2D eigenvalue weighted by atomic mass is 35.5. The van der Waals surface area contributed by atoms with Crippen molar-refractivity contribution in [3.63, 3.8) is 0 Å². The van der Waals surface area contributed by atoms with Crippen molar-refractivity contribution >= 4 is 28.9 Å². The fourth-order valence-electron chi connectivity index (χ4n) is 1.83. The number of aliphatic hydroxyl groups is 1. The van der Waals surface area contributed by atoms with Crippen molar-refractivity contribution in [2.24, 2.45) is 0 Å². The topological polar surface area (TPSA) is 41.5 Å². The standard InChI is InChI=1S/C16H17Cl2NO2/c1-11-15(18)6-3-7-16(11)19-9-13(20)10-21-14-5-2-4-12(17)8-14/h2-8,13,19-20H,9-10H2,1H3. The van der Waals surface area contributed by atoms with E-state index in [0.717, 1.165) is 11.3 Å². The molecule has 21 heavy (non-hydrogen) atoms. The van der Waals surface area contributed by atoms with E-state index in [1.165, 1.54) is 0 Å². The van der Waals surface area contributed by atoms with Gasteiger partial charge in [-0.15, -0.1) is 0 Å². The normalized spacial score (nSPS) is 12.0. The number of aliphatic hydroxyl groups excluding tert-OH is 1. The molecule has 0 aromatic heterocycles. The molecule has 0 fully saturated rings. The average Bonchev–Trinajstić information content (AvgIpc) is 2.47. The first-order valence-corrected chi connectivity index (χ1v) is 7.37. The Morgan fingerprint density at radius 3 is 2.71 bits per heavy atom. The van der Waals surface area contributed by atoms with Crippen LogP contribution in [0.15, 0.2) is 42.5 Å². The Bertz CT molecular complexity index is 605. The van der Waals surface area contributed by atoms with Crippen LogP contribution in [-0.2, 0) is 0 Å². The molecule has 0 heterocycles. The Morgan fingerprint density at radius 1 is 1.19 bits per heavy atom. The number of hydrogen-bond acceptors (Lipinski definition) is 3. The molecule has 0 amide bonds. The van der Waals surface area contributed by atoms with Gasteiger partial charge in [-0.2, -0.15) is 0 Å². The maximum absolute atomic E-state index is 9.95. The van der Waals surface area contributed by atoms with Gasteiger partial charge in [-0.05, 0) is 42.8 Å². The van der Waals surface area contributed by atoms with Gasteiger partial charge in [0.15, 0.2) is 0 Å². The molecule has 0 spiro atoms. The third-order valence-electron chi connectivity index (χ3n) is 3.03. The molecule has 0 bridgehead atoms. The molecule has 0 radical (unpaired) electrons. The van der Waals surface area contributed by atoms with Crippen LogP contribution in [0.2, 0.25) is 10.0 Å². The molecule has 2 aromatic rings. The molecule has 5 heteroatoms. The first-order chi connectivity index (χ1) is 10.1. The fourth-order valence-corrected chi connectivity index (χ4v) is 2.19. The molecule has 0 saturated heterocycles. The van der Waals surface area contributed by atoms with E-state index in [9.17, 15) is 5.11 Å². The lowest BCUT2D eigenvalue weighted by atomic mass is 10.2. The smallest absolute Gasteiger partial charge is 0.120 e. The van der Waals surface area contributed by atoms with E-state index < -0.39 is 6.10 Å². The summed E-state index contributed by atoms with van der Waals surface area (Å²) < 4.78 is 5.49. The van der Waals surface area contributed by atoms with E-state index >= 15 is 0 Å². The number of hydrogen-bond donors (Lipinski definition) is 2. The Balaban J connectivity index is 1.82. The molecule has 112 valence electrons. The second kappa shape index (κ2) is 7.55. The number of rotatable bonds is 6. The highest BCUT2D eigenvalue weighted by Gasteiger charge is 2.07. The first-order valence-electron chi connectivity index (χ1n) is 6.61. The van der Waals surface area contributed by atoms with E-state index in [4.69, 9.17) is 27.9 Å². The molecule has 2 N–H and O–H groups in total. The Morgan fingerprint density at radius 2 is 1.95 bits per heavy atom. The third kappa shape index (κ3) is 4.81. The van der Waals surface area contributed by atoms with Crippen molar-refractivity contribution in [2.45, 2.75) is 13.0 Å². The second-order valence-corrected chi connectivity index (χ2v) is 5.56. The summed E-state index contributed by atoms with van der Waals surface area (Å²) in [6.07, 6.45) is -0.637. The van der Waals surface area contributed by atoms with Crippen molar-refractivity contribution in [1.82, 2.24) is 0 Å². The van der Waals surface area contributed by atoms with Crippen LogP contribution in [0.3, 0.4) is 0 Å². The van der Waals surface area contributed by atoms with Crippen molar-refractivity contribution in [3.05, 3.63) is 58.1 Å². The molecular weight excluding hydrogens is 309 g/mol. The molecule has 0 aliphatic heterocycles. The minimum absolute atomic E-state index is 0.187. The van der Waals surface area contributed by atoms with Crippen LogP contribution >= 0.6 is 23.2 Å². The van der Waals surface area contributed by atoms with Gasteiger partial charge >= 0.3 is 0 Å². The lowest BCUT2D eigenvalue weighted by Gasteiger charge is -2.15. The zero-order valence-corrected chi connectivity index (χ0v) is 13.2. The van der Waals surface area contributed by atoms with Gasteiger partial charge in [0.1, 0.15) is 18.5 Å². The van der Waals surface area contributed by atoms with Crippen molar-refractivity contribution in [2.75, 3.05) is 18.5 Å². The quantitative estimate of drug-likeness (QED) is 0.838. The van der Waals surface area contributed by atoms with Gasteiger partial charge < -0.3 is 15.2 Å². The number of nitrogens with one attached hydrogen (secondary N) is 1. The van der Waals surface area contributed by atoms with Gasteiger partial charge in [0.05, 0.1) is 0 Å². The van der Waals surface area contributed by atoms with E-state index in [1.54, 1.807) is 24.3 Å². The van der Waals surface area contributed by atoms with Gasteiger partial charge in [0.25, 0.3) is 0 Å². The summed E-state index contributed by atoms with van der Waals surface area (Å²) in [5.74, 6) is 0.639. The minimum Gasteiger partial charge on any atom is -0.491 e. The number of halogens is 2. The van der Waals surface area contributed by atoms with E-state index in [-0.39, 0.29) is 6.61 Å². The van der Waals surface area contributed by atoms with Crippen LogP contribution in [0.1, 0.15) is 5.56 Å². The Hall–Kier alpha value is -1.42. The van der Waals surface area contributed by atoms with Gasteiger partial charge in [-0.25, -0.2) is 0 Å². The second-order valence-electron chi connectivity index (χ2n) is 4.72. The molecule has 2 aromatic carbocycles. The van der Waals surface area contributed by atoms with Crippen LogP contribution in [0.25, 0.3) is 0 Å². The highest BCUT2D eigenvalue weighted by Crippen LogP contribution is 2.23. The predicted octanol–water partition coefficient (Wildman–Crippen LogP) is 4.15. The predicted molar refractivity (Wildman–Crippen MR) is 87.6 cm³/mol. The van der Waals surface area contributed by atoms with Crippen LogP contribution < -0.4 is 10.1 Å².